The van der Waals surface area contributed by atoms with E-state index in [9.17, 15) is 4.79 Å². The van der Waals surface area contributed by atoms with Crippen LogP contribution in [-0.4, -0.2) is 28.6 Å². The monoisotopic (exact) mass is 461 g/mol. The van der Waals surface area contributed by atoms with Crippen LogP contribution in [0, 0.1) is 6.92 Å². The van der Waals surface area contributed by atoms with Gasteiger partial charge >= 0.3 is 0 Å². The maximum atomic E-state index is 12.5. The molecule has 0 saturated heterocycles. The Labute approximate surface area is 199 Å². The molecule has 1 N–H and O–H groups in total. The van der Waals surface area contributed by atoms with Gasteiger partial charge in [-0.15, -0.1) is 0 Å². The molecular formula is C27H28ClN3O2. The van der Waals surface area contributed by atoms with Crippen molar-refractivity contribution in [2.45, 2.75) is 32.7 Å². The van der Waals surface area contributed by atoms with E-state index >= 15 is 0 Å². The average Bonchev–Trinajstić information content (AvgIpc) is 3.17. The highest BCUT2D eigenvalue weighted by Gasteiger charge is 2.11. The van der Waals surface area contributed by atoms with Crippen molar-refractivity contribution in [3.05, 3.63) is 94.8 Å². The lowest BCUT2D eigenvalue weighted by Gasteiger charge is -2.11. The fourth-order valence-electron chi connectivity index (χ4n) is 3.86. The lowest BCUT2D eigenvalue weighted by Crippen LogP contribution is -2.26. The summed E-state index contributed by atoms with van der Waals surface area (Å²) in [6, 6.07) is 23.3. The standard InChI is InChI=1S/C27H28ClN3O2/c1-20-9-8-10-21(19-20)27(32)29-16-15-26-30-23-12-3-4-13-24(23)31(26)17-6-7-18-33-25-14-5-2-11-22(25)28/h2-5,8-14,19H,6-7,15-18H2,1H3,(H,29,32). The van der Waals surface area contributed by atoms with E-state index in [-0.39, 0.29) is 5.91 Å². The summed E-state index contributed by atoms with van der Waals surface area (Å²) in [7, 11) is 0. The van der Waals surface area contributed by atoms with Gasteiger partial charge in [0.15, 0.2) is 0 Å². The SMILES string of the molecule is Cc1cccc(C(=O)NCCc2nc3ccccc3n2CCCCOc2ccccc2Cl)c1. The van der Waals surface area contributed by atoms with Gasteiger partial charge in [-0.25, -0.2) is 4.98 Å². The molecule has 0 atom stereocenters. The van der Waals surface area contributed by atoms with E-state index in [1.165, 1.54) is 0 Å². The van der Waals surface area contributed by atoms with E-state index in [2.05, 4.69) is 16.0 Å². The topological polar surface area (TPSA) is 56.2 Å². The first-order chi connectivity index (χ1) is 16.1. The van der Waals surface area contributed by atoms with Gasteiger partial charge in [0.2, 0.25) is 0 Å². The first-order valence-corrected chi connectivity index (χ1v) is 11.7. The predicted molar refractivity (Wildman–Crippen MR) is 133 cm³/mol. The van der Waals surface area contributed by atoms with Crippen LogP contribution in [0.3, 0.4) is 0 Å². The molecule has 0 bridgehead atoms. The molecule has 33 heavy (non-hydrogen) atoms. The maximum absolute atomic E-state index is 12.5. The first-order valence-electron chi connectivity index (χ1n) is 11.3. The molecule has 3 aromatic carbocycles. The number of ether oxygens (including phenoxy) is 1. The highest BCUT2D eigenvalue weighted by atomic mass is 35.5. The van der Waals surface area contributed by atoms with Crippen LogP contribution in [0.2, 0.25) is 5.02 Å². The summed E-state index contributed by atoms with van der Waals surface area (Å²) in [6.07, 6.45) is 2.52. The van der Waals surface area contributed by atoms with Crippen LogP contribution in [0.25, 0.3) is 11.0 Å². The minimum absolute atomic E-state index is 0.0573. The molecule has 0 aliphatic carbocycles. The summed E-state index contributed by atoms with van der Waals surface area (Å²) in [6.45, 7) is 3.97. The molecule has 0 saturated carbocycles. The minimum atomic E-state index is -0.0573. The molecule has 4 rings (SSSR count). The third-order valence-electron chi connectivity index (χ3n) is 5.52. The predicted octanol–water partition coefficient (Wildman–Crippen LogP) is 5.83. The molecular weight excluding hydrogens is 434 g/mol. The Kier molecular flexibility index (Phi) is 7.63. The van der Waals surface area contributed by atoms with Crippen molar-refractivity contribution >= 4 is 28.5 Å². The third-order valence-corrected chi connectivity index (χ3v) is 5.83. The number of unbranched alkanes of at least 4 members (excludes halogenated alkanes) is 1. The minimum Gasteiger partial charge on any atom is -0.492 e. The van der Waals surface area contributed by atoms with Crippen molar-refractivity contribution in [2.75, 3.05) is 13.2 Å². The van der Waals surface area contributed by atoms with Crippen LogP contribution in [-0.2, 0) is 13.0 Å². The molecule has 0 fully saturated rings. The summed E-state index contributed by atoms with van der Waals surface area (Å²) in [5, 5.41) is 3.65. The third kappa shape index (κ3) is 5.93. The van der Waals surface area contributed by atoms with Gasteiger partial charge in [0.25, 0.3) is 5.91 Å². The van der Waals surface area contributed by atoms with Gasteiger partial charge in [-0.2, -0.15) is 0 Å². The summed E-state index contributed by atoms with van der Waals surface area (Å²) in [4.78, 5) is 17.3. The van der Waals surface area contributed by atoms with Crippen LogP contribution in [0.4, 0.5) is 0 Å². The lowest BCUT2D eigenvalue weighted by molar-refractivity contribution is 0.0954. The highest BCUT2D eigenvalue weighted by molar-refractivity contribution is 6.32. The van der Waals surface area contributed by atoms with Gasteiger partial charge in [-0.05, 0) is 56.2 Å². The molecule has 170 valence electrons. The molecule has 5 nitrogen and oxygen atoms in total. The van der Waals surface area contributed by atoms with Gasteiger partial charge in [-0.3, -0.25) is 4.79 Å². The van der Waals surface area contributed by atoms with Gasteiger partial charge < -0.3 is 14.6 Å². The van der Waals surface area contributed by atoms with Crippen LogP contribution in [0.15, 0.2) is 72.8 Å². The molecule has 0 aliphatic rings. The Morgan fingerprint density at radius 2 is 1.85 bits per heavy atom. The Morgan fingerprint density at radius 3 is 2.70 bits per heavy atom. The normalized spacial score (nSPS) is 11.0. The summed E-state index contributed by atoms with van der Waals surface area (Å²) in [5.74, 6) is 1.64. The molecule has 1 heterocycles. The summed E-state index contributed by atoms with van der Waals surface area (Å²) >= 11 is 6.15. The number of fused-ring (bicyclic) bond motifs is 1. The number of amides is 1. The van der Waals surface area contributed by atoms with E-state index < -0.39 is 0 Å². The van der Waals surface area contributed by atoms with E-state index in [1.807, 2.05) is 73.7 Å². The first kappa shape index (κ1) is 22.9. The number of carbonyl (C=O) groups excluding carboxylic acids is 1. The zero-order valence-corrected chi connectivity index (χ0v) is 19.5. The maximum Gasteiger partial charge on any atom is 0.251 e. The average molecular weight is 462 g/mol. The molecule has 0 aliphatic heterocycles. The van der Waals surface area contributed by atoms with Gasteiger partial charge in [0, 0.05) is 25.1 Å². The van der Waals surface area contributed by atoms with Crippen molar-refractivity contribution in [2.24, 2.45) is 0 Å². The van der Waals surface area contributed by atoms with Gasteiger partial charge in [0.1, 0.15) is 11.6 Å². The fourth-order valence-corrected chi connectivity index (χ4v) is 4.05. The van der Waals surface area contributed by atoms with Crippen molar-refractivity contribution < 1.29 is 9.53 Å². The Bertz CT molecular complexity index is 1240. The summed E-state index contributed by atoms with van der Waals surface area (Å²) < 4.78 is 8.06. The zero-order chi connectivity index (χ0) is 23.0. The van der Waals surface area contributed by atoms with Crippen LogP contribution in [0.1, 0.15) is 34.6 Å². The number of para-hydroxylation sites is 3. The molecule has 1 amide bonds. The van der Waals surface area contributed by atoms with Crippen molar-refractivity contribution in [1.29, 1.82) is 0 Å². The van der Waals surface area contributed by atoms with Crippen molar-refractivity contribution in [3.8, 4) is 5.75 Å². The lowest BCUT2D eigenvalue weighted by atomic mass is 10.1. The number of aryl methyl sites for hydroxylation is 2. The molecule has 6 heteroatoms. The van der Waals surface area contributed by atoms with Crippen LogP contribution >= 0.6 is 11.6 Å². The fraction of sp³-hybridized carbons (Fsp3) is 0.259. The number of benzene rings is 3. The van der Waals surface area contributed by atoms with Crippen LogP contribution in [0.5, 0.6) is 5.75 Å². The van der Waals surface area contributed by atoms with Crippen molar-refractivity contribution in [1.82, 2.24) is 14.9 Å². The number of carbonyl (C=O) groups is 1. The Balaban J connectivity index is 1.34. The number of nitrogens with zero attached hydrogens (tertiary/aromatic N) is 2. The van der Waals surface area contributed by atoms with E-state index in [0.29, 0.717) is 30.2 Å². The number of imidazole rings is 1. The highest BCUT2D eigenvalue weighted by Crippen LogP contribution is 2.23. The zero-order valence-electron chi connectivity index (χ0n) is 18.8. The van der Waals surface area contributed by atoms with E-state index in [4.69, 9.17) is 21.3 Å². The number of nitrogens with one attached hydrogen (secondary N) is 1. The second-order valence-electron chi connectivity index (χ2n) is 8.03. The number of rotatable bonds is 10. The molecule has 0 unspecified atom stereocenters. The molecule has 0 radical (unpaired) electrons. The second kappa shape index (κ2) is 11.0. The van der Waals surface area contributed by atoms with E-state index in [1.54, 1.807) is 0 Å². The molecule has 0 spiro atoms. The Hall–Kier alpha value is -3.31. The number of hydrogen-bond donors (Lipinski definition) is 1. The second-order valence-corrected chi connectivity index (χ2v) is 8.44. The summed E-state index contributed by atoms with van der Waals surface area (Å²) in [5.41, 5.74) is 3.85. The van der Waals surface area contributed by atoms with Crippen LogP contribution < -0.4 is 10.1 Å². The van der Waals surface area contributed by atoms with Crippen molar-refractivity contribution in [3.63, 3.8) is 0 Å². The number of hydrogen-bond acceptors (Lipinski definition) is 3. The quantitative estimate of drug-likeness (QED) is 0.302. The number of halogens is 1. The smallest absolute Gasteiger partial charge is 0.251 e. The van der Waals surface area contributed by atoms with E-state index in [0.717, 1.165) is 47.6 Å². The Morgan fingerprint density at radius 1 is 1.03 bits per heavy atom. The molecule has 4 aromatic rings. The number of aromatic nitrogens is 2. The largest absolute Gasteiger partial charge is 0.492 e. The van der Waals surface area contributed by atoms with Gasteiger partial charge in [0.05, 0.1) is 22.7 Å². The molecule has 1 aromatic heterocycles. The van der Waals surface area contributed by atoms with Gasteiger partial charge in [-0.1, -0.05) is 53.6 Å².